The molecule has 8 heteroatoms. The van der Waals surface area contributed by atoms with Gasteiger partial charge in [-0.1, -0.05) is 0 Å². The van der Waals surface area contributed by atoms with Crippen molar-refractivity contribution in [3.8, 4) is 23.0 Å². The van der Waals surface area contributed by atoms with Crippen LogP contribution in [0.15, 0.2) is 22.6 Å². The van der Waals surface area contributed by atoms with E-state index in [2.05, 4.69) is 10.3 Å². The highest BCUT2D eigenvalue weighted by Gasteiger charge is 2.18. The maximum atomic E-state index is 12.2. The Morgan fingerprint density at radius 3 is 2.62 bits per heavy atom. The zero-order valence-corrected chi connectivity index (χ0v) is 17.4. The Morgan fingerprint density at radius 1 is 1.17 bits per heavy atom. The number of benzene rings is 1. The smallest absolute Gasteiger partial charge is 0.227 e. The summed E-state index contributed by atoms with van der Waals surface area (Å²) in [5.41, 5.74) is 1.22. The lowest BCUT2D eigenvalue weighted by molar-refractivity contribution is -0.127. The van der Waals surface area contributed by atoms with Crippen molar-refractivity contribution < 1.29 is 28.2 Å². The molecule has 1 heterocycles. The number of Topliss-reactive ketones (excluding diaryl/α,β-unsaturated/α-hetero) is 1. The summed E-state index contributed by atoms with van der Waals surface area (Å²) in [6.07, 6.45) is 0.562. The van der Waals surface area contributed by atoms with Crippen molar-refractivity contribution in [2.45, 2.75) is 33.1 Å². The molecule has 1 aromatic heterocycles. The third-order valence-corrected chi connectivity index (χ3v) is 4.24. The van der Waals surface area contributed by atoms with Gasteiger partial charge in [0.25, 0.3) is 0 Å². The molecule has 2 aromatic rings. The van der Waals surface area contributed by atoms with Crippen LogP contribution in [0.1, 0.15) is 31.2 Å². The van der Waals surface area contributed by atoms with Crippen molar-refractivity contribution in [3.05, 3.63) is 29.7 Å². The molecule has 158 valence electrons. The number of nitrogens with zero attached hydrogens (tertiary/aromatic N) is 1. The van der Waals surface area contributed by atoms with Crippen LogP contribution in [0.4, 0.5) is 0 Å². The number of carbonyl (C=O) groups excluding carboxylic acids is 2. The Balaban J connectivity index is 1.95. The topological polar surface area (TPSA) is 99.9 Å². The van der Waals surface area contributed by atoms with Crippen molar-refractivity contribution in [1.82, 2.24) is 10.3 Å². The van der Waals surface area contributed by atoms with Crippen LogP contribution in [0.5, 0.6) is 11.5 Å². The van der Waals surface area contributed by atoms with Crippen LogP contribution in [-0.2, 0) is 20.7 Å². The maximum absolute atomic E-state index is 12.2. The van der Waals surface area contributed by atoms with Gasteiger partial charge in [0.1, 0.15) is 11.5 Å². The molecule has 0 aliphatic rings. The van der Waals surface area contributed by atoms with E-state index < -0.39 is 0 Å². The van der Waals surface area contributed by atoms with Crippen LogP contribution in [0.3, 0.4) is 0 Å². The normalized spacial score (nSPS) is 10.6. The molecule has 8 nitrogen and oxygen atoms in total. The number of ether oxygens (including phenoxy) is 3. The first-order valence-electron chi connectivity index (χ1n) is 9.53. The fraction of sp³-hybridized carbons (Fsp3) is 0.476. The number of hydrogen-bond acceptors (Lipinski definition) is 7. The SMILES string of the molecule is CCOCCCNC(=O)CC(=O)Cc1nc(-c2ccc(OC)c(OC)c2)oc1C. The van der Waals surface area contributed by atoms with Gasteiger partial charge >= 0.3 is 0 Å². The van der Waals surface area contributed by atoms with E-state index in [0.717, 1.165) is 0 Å². The van der Waals surface area contributed by atoms with E-state index in [1.165, 1.54) is 0 Å². The Morgan fingerprint density at radius 2 is 1.93 bits per heavy atom. The van der Waals surface area contributed by atoms with E-state index in [1.54, 1.807) is 39.3 Å². The van der Waals surface area contributed by atoms with Crippen LogP contribution in [-0.4, -0.2) is 50.7 Å². The monoisotopic (exact) mass is 404 g/mol. The number of aryl methyl sites for hydroxylation is 1. The predicted molar refractivity (Wildman–Crippen MR) is 107 cm³/mol. The van der Waals surface area contributed by atoms with E-state index in [0.29, 0.717) is 60.6 Å². The summed E-state index contributed by atoms with van der Waals surface area (Å²) < 4.78 is 21.4. The zero-order chi connectivity index (χ0) is 21.2. The molecule has 0 saturated carbocycles. The Bertz CT molecular complexity index is 831. The number of oxazole rings is 1. The average molecular weight is 404 g/mol. The molecule has 0 unspecified atom stereocenters. The fourth-order valence-electron chi connectivity index (χ4n) is 2.72. The maximum Gasteiger partial charge on any atom is 0.227 e. The second-order valence-corrected chi connectivity index (χ2v) is 6.38. The quantitative estimate of drug-likeness (QED) is 0.429. The zero-order valence-electron chi connectivity index (χ0n) is 17.4. The van der Waals surface area contributed by atoms with Gasteiger partial charge in [-0.05, 0) is 38.5 Å². The number of aromatic nitrogens is 1. The molecule has 0 atom stereocenters. The second-order valence-electron chi connectivity index (χ2n) is 6.38. The Hall–Kier alpha value is -2.87. The molecular formula is C21H28N2O6. The van der Waals surface area contributed by atoms with E-state index in [-0.39, 0.29) is 24.5 Å². The molecule has 1 N–H and O–H groups in total. The van der Waals surface area contributed by atoms with Crippen LogP contribution < -0.4 is 14.8 Å². The minimum absolute atomic E-state index is 0.0367. The van der Waals surface area contributed by atoms with Crippen molar-refractivity contribution in [3.63, 3.8) is 0 Å². The largest absolute Gasteiger partial charge is 0.493 e. The predicted octanol–water partition coefficient (Wildman–Crippen LogP) is 2.71. The molecule has 0 aliphatic heterocycles. The molecule has 0 radical (unpaired) electrons. The molecule has 0 fully saturated rings. The van der Waals surface area contributed by atoms with Gasteiger partial charge in [-0.25, -0.2) is 4.98 Å². The third kappa shape index (κ3) is 6.60. The van der Waals surface area contributed by atoms with Crippen LogP contribution >= 0.6 is 0 Å². The minimum atomic E-state index is -0.298. The number of methoxy groups -OCH3 is 2. The van der Waals surface area contributed by atoms with Crippen molar-refractivity contribution >= 4 is 11.7 Å². The summed E-state index contributed by atoms with van der Waals surface area (Å²) in [6.45, 7) is 5.38. The summed E-state index contributed by atoms with van der Waals surface area (Å²) in [6, 6.07) is 5.31. The Kier molecular flexibility index (Phi) is 8.67. The summed E-state index contributed by atoms with van der Waals surface area (Å²) in [7, 11) is 3.11. The van der Waals surface area contributed by atoms with Gasteiger partial charge in [-0.3, -0.25) is 9.59 Å². The van der Waals surface area contributed by atoms with E-state index in [4.69, 9.17) is 18.6 Å². The molecule has 0 saturated heterocycles. The summed E-state index contributed by atoms with van der Waals surface area (Å²) >= 11 is 0. The van der Waals surface area contributed by atoms with E-state index in [9.17, 15) is 9.59 Å². The first kappa shape index (κ1) is 22.4. The molecule has 2 rings (SSSR count). The van der Waals surface area contributed by atoms with Gasteiger partial charge in [-0.2, -0.15) is 0 Å². The molecule has 0 bridgehead atoms. The molecule has 0 aliphatic carbocycles. The summed E-state index contributed by atoms with van der Waals surface area (Å²) in [5, 5.41) is 2.72. The van der Waals surface area contributed by atoms with Crippen LogP contribution in [0, 0.1) is 6.92 Å². The van der Waals surface area contributed by atoms with Gasteiger partial charge in [0.2, 0.25) is 11.8 Å². The molecular weight excluding hydrogens is 376 g/mol. The average Bonchev–Trinajstić information content (AvgIpc) is 3.07. The summed E-state index contributed by atoms with van der Waals surface area (Å²) in [5.74, 6) is 1.56. The van der Waals surface area contributed by atoms with Gasteiger partial charge < -0.3 is 23.9 Å². The lowest BCUT2D eigenvalue weighted by Gasteiger charge is -2.07. The number of hydrogen-bond donors (Lipinski definition) is 1. The van der Waals surface area contributed by atoms with Gasteiger partial charge in [0, 0.05) is 25.3 Å². The molecule has 1 amide bonds. The van der Waals surface area contributed by atoms with Gasteiger partial charge in [0.15, 0.2) is 11.5 Å². The third-order valence-electron chi connectivity index (χ3n) is 4.24. The standard InChI is InChI=1S/C21H28N2O6/c1-5-28-10-6-9-22-20(25)13-16(24)12-17-14(2)29-21(23-17)15-7-8-18(26-3)19(11-15)27-4/h7-8,11H,5-6,9-10,12-13H2,1-4H3,(H,22,25). The first-order chi connectivity index (χ1) is 14.0. The Labute approximate surface area is 170 Å². The number of ketones is 1. The highest BCUT2D eigenvalue weighted by Crippen LogP contribution is 2.32. The van der Waals surface area contributed by atoms with Crippen LogP contribution in [0.25, 0.3) is 11.5 Å². The fourth-order valence-corrected chi connectivity index (χ4v) is 2.72. The molecule has 29 heavy (non-hydrogen) atoms. The van der Waals surface area contributed by atoms with Gasteiger partial charge in [-0.15, -0.1) is 0 Å². The minimum Gasteiger partial charge on any atom is -0.493 e. The molecule has 1 aromatic carbocycles. The van der Waals surface area contributed by atoms with E-state index in [1.807, 2.05) is 6.92 Å². The number of rotatable bonds is 12. The highest BCUT2D eigenvalue weighted by molar-refractivity contribution is 5.98. The number of carbonyl (C=O) groups is 2. The van der Waals surface area contributed by atoms with Crippen molar-refractivity contribution in [1.29, 1.82) is 0 Å². The van der Waals surface area contributed by atoms with Crippen LogP contribution in [0.2, 0.25) is 0 Å². The van der Waals surface area contributed by atoms with Crippen molar-refractivity contribution in [2.24, 2.45) is 0 Å². The lowest BCUT2D eigenvalue weighted by atomic mass is 10.1. The number of amides is 1. The van der Waals surface area contributed by atoms with E-state index >= 15 is 0 Å². The summed E-state index contributed by atoms with van der Waals surface area (Å²) in [4.78, 5) is 28.5. The van der Waals surface area contributed by atoms with Crippen molar-refractivity contribution in [2.75, 3.05) is 34.0 Å². The highest BCUT2D eigenvalue weighted by atomic mass is 16.5. The first-order valence-corrected chi connectivity index (χ1v) is 9.53. The molecule has 0 spiro atoms. The second kappa shape index (κ2) is 11.2. The lowest BCUT2D eigenvalue weighted by Crippen LogP contribution is -2.27. The number of nitrogens with one attached hydrogen (secondary N) is 1. The van der Waals surface area contributed by atoms with Gasteiger partial charge in [0.05, 0.1) is 32.8 Å².